The van der Waals surface area contributed by atoms with Crippen molar-refractivity contribution in [1.29, 1.82) is 0 Å². The lowest BCUT2D eigenvalue weighted by molar-refractivity contribution is -0.116. The number of ether oxygens (including phenoxy) is 4. The Labute approximate surface area is 161 Å². The predicted octanol–water partition coefficient (Wildman–Crippen LogP) is 3.64. The fourth-order valence-electron chi connectivity index (χ4n) is 2.45. The summed E-state index contributed by atoms with van der Waals surface area (Å²) in [5.41, 5.74) is 1.31. The fraction of sp³-hybridized carbons (Fsp3) is 0.250. The first kappa shape index (κ1) is 21.0. The second-order valence-electron chi connectivity index (χ2n) is 5.54. The van der Waals surface area contributed by atoms with Gasteiger partial charge in [-0.25, -0.2) is 0 Å². The van der Waals surface area contributed by atoms with Crippen LogP contribution < -0.4 is 24.3 Å². The van der Waals surface area contributed by atoms with E-state index in [4.69, 9.17) is 14.2 Å². The molecule has 2 aromatic carbocycles. The molecule has 0 heterocycles. The third-order valence-electron chi connectivity index (χ3n) is 3.70. The Morgan fingerprint density at radius 3 is 2.32 bits per heavy atom. The molecule has 2 aromatic rings. The van der Waals surface area contributed by atoms with E-state index in [1.165, 1.54) is 39.5 Å². The molecule has 2 rings (SSSR count). The van der Waals surface area contributed by atoms with Gasteiger partial charge in [-0.1, -0.05) is 12.1 Å². The van der Waals surface area contributed by atoms with Crippen molar-refractivity contribution in [3.05, 3.63) is 53.6 Å². The van der Waals surface area contributed by atoms with Gasteiger partial charge in [-0.15, -0.1) is 0 Å². The van der Waals surface area contributed by atoms with Crippen LogP contribution in [0.3, 0.4) is 0 Å². The number of nitrogens with one attached hydrogen (secondary N) is 1. The van der Waals surface area contributed by atoms with E-state index in [0.717, 1.165) is 0 Å². The van der Waals surface area contributed by atoms with Crippen molar-refractivity contribution < 1.29 is 32.5 Å². The molecule has 0 bridgehead atoms. The van der Waals surface area contributed by atoms with Gasteiger partial charge in [-0.3, -0.25) is 4.79 Å². The van der Waals surface area contributed by atoms with E-state index < -0.39 is 6.61 Å². The highest BCUT2D eigenvalue weighted by molar-refractivity contribution is 5.91. The molecule has 28 heavy (non-hydrogen) atoms. The van der Waals surface area contributed by atoms with Crippen molar-refractivity contribution in [3.63, 3.8) is 0 Å². The number of hydrogen-bond acceptors (Lipinski definition) is 5. The highest BCUT2D eigenvalue weighted by Crippen LogP contribution is 2.38. The van der Waals surface area contributed by atoms with E-state index >= 15 is 0 Å². The summed E-state index contributed by atoms with van der Waals surface area (Å²) in [5.74, 6) is 1.08. The highest BCUT2D eigenvalue weighted by Gasteiger charge is 2.12. The standard InChI is InChI=1S/C20H21F2NO5/c1-25-16-10-13(11-17(26-2)19(16)27-3)7-8-18(24)23-12-14-5-4-6-15(9-14)28-20(21)22/h4-11,20H,12H2,1-3H3,(H,23,24)/b8-7+. The largest absolute Gasteiger partial charge is 0.493 e. The third-order valence-corrected chi connectivity index (χ3v) is 3.70. The summed E-state index contributed by atoms with van der Waals surface area (Å²) in [5, 5.41) is 2.67. The van der Waals surface area contributed by atoms with Crippen LogP contribution in [0.15, 0.2) is 42.5 Å². The zero-order valence-electron chi connectivity index (χ0n) is 15.7. The zero-order valence-corrected chi connectivity index (χ0v) is 15.7. The summed E-state index contributed by atoms with van der Waals surface area (Å²) >= 11 is 0. The lowest BCUT2D eigenvalue weighted by atomic mass is 10.1. The first-order valence-corrected chi connectivity index (χ1v) is 8.26. The van der Waals surface area contributed by atoms with Crippen molar-refractivity contribution in [3.8, 4) is 23.0 Å². The number of hydrogen-bond donors (Lipinski definition) is 1. The van der Waals surface area contributed by atoms with Crippen LogP contribution in [-0.2, 0) is 11.3 Å². The van der Waals surface area contributed by atoms with E-state index in [1.807, 2.05) is 0 Å². The molecule has 0 unspecified atom stereocenters. The van der Waals surface area contributed by atoms with Gasteiger partial charge in [0.1, 0.15) is 5.75 Å². The van der Waals surface area contributed by atoms with Crippen molar-refractivity contribution in [2.45, 2.75) is 13.2 Å². The number of amides is 1. The maximum absolute atomic E-state index is 12.3. The minimum atomic E-state index is -2.90. The molecule has 0 radical (unpaired) electrons. The lowest BCUT2D eigenvalue weighted by Crippen LogP contribution is -2.20. The number of benzene rings is 2. The SMILES string of the molecule is COc1cc(/C=C/C(=O)NCc2cccc(OC(F)F)c2)cc(OC)c1OC. The summed E-state index contributed by atoms with van der Waals surface area (Å²) in [6, 6.07) is 9.54. The van der Waals surface area contributed by atoms with Gasteiger partial charge in [-0.2, -0.15) is 8.78 Å². The highest BCUT2D eigenvalue weighted by atomic mass is 19.3. The predicted molar refractivity (Wildman–Crippen MR) is 100 cm³/mol. The van der Waals surface area contributed by atoms with E-state index in [1.54, 1.807) is 30.3 Å². The van der Waals surface area contributed by atoms with Crippen LogP contribution in [0.25, 0.3) is 6.08 Å². The van der Waals surface area contributed by atoms with Gasteiger partial charge >= 0.3 is 6.61 Å². The number of carbonyl (C=O) groups excluding carboxylic acids is 1. The Balaban J connectivity index is 2.02. The van der Waals surface area contributed by atoms with Gasteiger partial charge in [-0.05, 0) is 41.5 Å². The molecule has 0 saturated heterocycles. The van der Waals surface area contributed by atoms with Gasteiger partial charge in [0.15, 0.2) is 11.5 Å². The van der Waals surface area contributed by atoms with Crippen LogP contribution in [0.5, 0.6) is 23.0 Å². The number of methoxy groups -OCH3 is 3. The molecule has 8 heteroatoms. The fourth-order valence-corrected chi connectivity index (χ4v) is 2.45. The van der Waals surface area contributed by atoms with Crippen LogP contribution in [0.1, 0.15) is 11.1 Å². The van der Waals surface area contributed by atoms with Crippen LogP contribution in [0.2, 0.25) is 0 Å². The van der Waals surface area contributed by atoms with Crippen molar-refractivity contribution >= 4 is 12.0 Å². The number of alkyl halides is 2. The van der Waals surface area contributed by atoms with Crippen molar-refractivity contribution in [2.75, 3.05) is 21.3 Å². The van der Waals surface area contributed by atoms with E-state index in [9.17, 15) is 13.6 Å². The number of rotatable bonds is 9. The molecule has 150 valence electrons. The zero-order chi connectivity index (χ0) is 20.5. The molecule has 0 aromatic heterocycles. The molecule has 0 aliphatic heterocycles. The lowest BCUT2D eigenvalue weighted by Gasteiger charge is -2.12. The average Bonchev–Trinajstić information content (AvgIpc) is 2.69. The minimum absolute atomic E-state index is 0.0368. The maximum atomic E-state index is 12.3. The van der Waals surface area contributed by atoms with Gasteiger partial charge in [0.2, 0.25) is 11.7 Å². The smallest absolute Gasteiger partial charge is 0.387 e. The van der Waals surface area contributed by atoms with Crippen LogP contribution in [0.4, 0.5) is 8.78 Å². The summed E-state index contributed by atoms with van der Waals surface area (Å²) in [6.07, 6.45) is 2.94. The molecule has 0 aliphatic rings. The van der Waals surface area contributed by atoms with Crippen molar-refractivity contribution in [2.24, 2.45) is 0 Å². The van der Waals surface area contributed by atoms with Gasteiger partial charge in [0, 0.05) is 12.6 Å². The van der Waals surface area contributed by atoms with Gasteiger partial charge in [0.05, 0.1) is 21.3 Å². The molecule has 0 saturated carbocycles. The Morgan fingerprint density at radius 1 is 1.07 bits per heavy atom. The molecule has 1 N–H and O–H groups in total. The first-order valence-electron chi connectivity index (χ1n) is 8.26. The molecule has 1 amide bonds. The summed E-state index contributed by atoms with van der Waals surface area (Å²) in [7, 11) is 4.51. The molecule has 0 spiro atoms. The maximum Gasteiger partial charge on any atom is 0.387 e. The molecule has 6 nitrogen and oxygen atoms in total. The Hall–Kier alpha value is -3.29. The molecular weight excluding hydrogens is 372 g/mol. The average molecular weight is 393 g/mol. The molecular formula is C20H21F2NO5. The Bertz CT molecular complexity index is 814. The first-order chi connectivity index (χ1) is 13.5. The van der Waals surface area contributed by atoms with Gasteiger partial charge in [0.25, 0.3) is 0 Å². The summed E-state index contributed by atoms with van der Waals surface area (Å²) < 4.78 is 44.6. The van der Waals surface area contributed by atoms with Crippen molar-refractivity contribution in [1.82, 2.24) is 5.32 Å². The van der Waals surface area contributed by atoms with Gasteiger partial charge < -0.3 is 24.3 Å². The molecule has 0 aliphatic carbocycles. The topological polar surface area (TPSA) is 66.0 Å². The minimum Gasteiger partial charge on any atom is -0.493 e. The monoisotopic (exact) mass is 393 g/mol. The number of carbonyl (C=O) groups is 1. The second kappa shape index (κ2) is 10.1. The van der Waals surface area contributed by atoms with E-state index in [0.29, 0.717) is 28.4 Å². The number of halogens is 2. The Morgan fingerprint density at radius 2 is 1.75 bits per heavy atom. The Kier molecular flexibility index (Phi) is 7.62. The van der Waals surface area contributed by atoms with Crippen LogP contribution in [0, 0.1) is 0 Å². The quantitative estimate of drug-likeness (QED) is 0.659. The molecule has 0 atom stereocenters. The summed E-state index contributed by atoms with van der Waals surface area (Å²) in [4.78, 5) is 12.0. The van der Waals surface area contributed by atoms with Crippen LogP contribution in [-0.4, -0.2) is 33.8 Å². The van der Waals surface area contributed by atoms with E-state index in [-0.39, 0.29) is 18.2 Å². The third kappa shape index (κ3) is 5.87. The van der Waals surface area contributed by atoms with Crippen LogP contribution >= 0.6 is 0 Å². The van der Waals surface area contributed by atoms with E-state index in [2.05, 4.69) is 10.1 Å². The summed E-state index contributed by atoms with van der Waals surface area (Å²) in [6.45, 7) is -2.73. The second-order valence-corrected chi connectivity index (χ2v) is 5.54. The normalized spacial score (nSPS) is 10.8. The molecule has 0 fully saturated rings.